The third-order valence-electron chi connectivity index (χ3n) is 3.40. The summed E-state index contributed by atoms with van der Waals surface area (Å²) < 4.78 is 5.67. The monoisotopic (exact) mass is 386 g/mol. The van der Waals surface area contributed by atoms with Gasteiger partial charge in [0, 0.05) is 16.5 Å². The largest absolute Gasteiger partial charge is 0.467 e. The smallest absolute Gasteiger partial charge is 0.328 e. The first-order chi connectivity index (χ1) is 11.5. The van der Waals surface area contributed by atoms with Gasteiger partial charge in [0.1, 0.15) is 6.04 Å². The maximum Gasteiger partial charge on any atom is 0.328 e. The summed E-state index contributed by atoms with van der Waals surface area (Å²) in [7, 11) is 1.28. The van der Waals surface area contributed by atoms with Crippen molar-refractivity contribution in [1.29, 1.82) is 5.26 Å². The first kappa shape index (κ1) is 17.7. The van der Waals surface area contributed by atoms with Gasteiger partial charge < -0.3 is 10.1 Å². The number of hydrogen-bond acceptors (Lipinski definition) is 4. The molecular weight excluding hydrogens is 372 g/mol. The average Bonchev–Trinajstić information content (AvgIpc) is 2.60. The minimum Gasteiger partial charge on any atom is -0.467 e. The number of nitriles is 1. The zero-order chi connectivity index (χ0) is 17.5. The number of carbonyl (C=O) groups excluding carboxylic acids is 2. The van der Waals surface area contributed by atoms with Crippen LogP contribution in [0.3, 0.4) is 0 Å². The number of carbonyl (C=O) groups is 2. The standard InChI is InChI=1S/C18H15BrN2O3/c1-24-18(23)16(10-13-3-2-4-15(19)9-13)21-17(22)14-7-5-12(11-20)6-8-14/h2-9,16H,10H2,1H3,(H,21,22)/t16-/m1/s1. The van der Waals surface area contributed by atoms with Crippen LogP contribution in [0.4, 0.5) is 0 Å². The van der Waals surface area contributed by atoms with Crippen molar-refractivity contribution in [2.24, 2.45) is 0 Å². The third-order valence-corrected chi connectivity index (χ3v) is 3.89. The average molecular weight is 387 g/mol. The zero-order valence-corrected chi connectivity index (χ0v) is 14.5. The molecule has 0 unspecified atom stereocenters. The number of nitrogens with one attached hydrogen (secondary N) is 1. The van der Waals surface area contributed by atoms with Crippen molar-refractivity contribution in [2.75, 3.05) is 7.11 Å². The van der Waals surface area contributed by atoms with Crippen LogP contribution in [-0.2, 0) is 16.0 Å². The number of hydrogen-bond donors (Lipinski definition) is 1. The number of benzene rings is 2. The predicted molar refractivity (Wildman–Crippen MR) is 92.3 cm³/mol. The number of methoxy groups -OCH3 is 1. The molecule has 2 rings (SSSR count). The highest BCUT2D eigenvalue weighted by molar-refractivity contribution is 9.10. The fraction of sp³-hybridized carbons (Fsp3) is 0.167. The molecule has 2 aromatic rings. The van der Waals surface area contributed by atoms with Crippen LogP contribution >= 0.6 is 15.9 Å². The van der Waals surface area contributed by atoms with Gasteiger partial charge in [-0.1, -0.05) is 28.1 Å². The van der Waals surface area contributed by atoms with E-state index < -0.39 is 17.9 Å². The number of rotatable bonds is 5. The van der Waals surface area contributed by atoms with Gasteiger partial charge in [0.05, 0.1) is 18.7 Å². The highest BCUT2D eigenvalue weighted by atomic mass is 79.9. The molecule has 2 aromatic carbocycles. The van der Waals surface area contributed by atoms with Crippen molar-refractivity contribution < 1.29 is 14.3 Å². The van der Waals surface area contributed by atoms with E-state index in [0.717, 1.165) is 10.0 Å². The molecular formula is C18H15BrN2O3. The second-order valence-electron chi connectivity index (χ2n) is 5.07. The minimum atomic E-state index is -0.799. The first-order valence-electron chi connectivity index (χ1n) is 7.17. The van der Waals surface area contributed by atoms with E-state index in [4.69, 9.17) is 10.00 Å². The zero-order valence-electron chi connectivity index (χ0n) is 13.0. The normalized spacial score (nSPS) is 11.2. The van der Waals surface area contributed by atoms with Crippen molar-refractivity contribution in [3.05, 3.63) is 69.7 Å². The van der Waals surface area contributed by atoms with Gasteiger partial charge in [0.15, 0.2) is 0 Å². The topological polar surface area (TPSA) is 79.2 Å². The van der Waals surface area contributed by atoms with Crippen LogP contribution < -0.4 is 5.32 Å². The number of halogens is 1. The molecule has 5 nitrogen and oxygen atoms in total. The van der Waals surface area contributed by atoms with E-state index in [-0.39, 0.29) is 0 Å². The molecule has 0 spiro atoms. The molecule has 0 heterocycles. The van der Waals surface area contributed by atoms with Gasteiger partial charge >= 0.3 is 5.97 Å². The molecule has 0 aliphatic carbocycles. The fourth-order valence-electron chi connectivity index (χ4n) is 2.17. The van der Waals surface area contributed by atoms with Gasteiger partial charge in [0.2, 0.25) is 0 Å². The van der Waals surface area contributed by atoms with Crippen molar-refractivity contribution in [3.8, 4) is 6.07 Å². The molecule has 122 valence electrons. The molecule has 0 aromatic heterocycles. The van der Waals surface area contributed by atoms with Crippen LogP contribution in [0.15, 0.2) is 53.0 Å². The molecule has 0 fully saturated rings. The van der Waals surface area contributed by atoms with Gasteiger partial charge in [-0.05, 0) is 42.0 Å². The summed E-state index contributed by atoms with van der Waals surface area (Å²) in [4.78, 5) is 24.3. The first-order valence-corrected chi connectivity index (χ1v) is 7.96. The second kappa shape index (κ2) is 8.27. The van der Waals surface area contributed by atoms with Crippen LogP contribution in [0.5, 0.6) is 0 Å². The maximum absolute atomic E-state index is 12.3. The lowest BCUT2D eigenvalue weighted by Crippen LogP contribution is -2.43. The number of amides is 1. The lowest BCUT2D eigenvalue weighted by molar-refractivity contribution is -0.142. The van der Waals surface area contributed by atoms with Crippen LogP contribution in [0, 0.1) is 11.3 Å². The van der Waals surface area contributed by atoms with Gasteiger partial charge in [-0.15, -0.1) is 0 Å². The van der Waals surface area contributed by atoms with Crippen molar-refractivity contribution in [2.45, 2.75) is 12.5 Å². The Hall–Kier alpha value is -2.65. The summed E-state index contributed by atoms with van der Waals surface area (Å²) in [6, 6.07) is 14.9. The Kier molecular flexibility index (Phi) is 6.10. The number of esters is 1. The van der Waals surface area contributed by atoms with Crippen LogP contribution in [-0.4, -0.2) is 25.0 Å². The fourth-order valence-corrected chi connectivity index (χ4v) is 2.62. The van der Waals surface area contributed by atoms with Gasteiger partial charge in [-0.2, -0.15) is 5.26 Å². The van der Waals surface area contributed by atoms with Crippen LogP contribution in [0.1, 0.15) is 21.5 Å². The maximum atomic E-state index is 12.3. The van der Waals surface area contributed by atoms with Gasteiger partial charge in [-0.25, -0.2) is 4.79 Å². The van der Waals surface area contributed by atoms with Crippen LogP contribution in [0.2, 0.25) is 0 Å². The van der Waals surface area contributed by atoms with E-state index >= 15 is 0 Å². The van der Waals surface area contributed by atoms with Gasteiger partial charge in [0.25, 0.3) is 5.91 Å². The van der Waals surface area contributed by atoms with E-state index in [2.05, 4.69) is 21.2 Å². The van der Waals surface area contributed by atoms with E-state index in [0.29, 0.717) is 17.5 Å². The molecule has 0 bridgehead atoms. The van der Waals surface area contributed by atoms with Crippen molar-refractivity contribution >= 4 is 27.8 Å². The number of ether oxygens (including phenoxy) is 1. The van der Waals surface area contributed by atoms with Crippen molar-refractivity contribution in [3.63, 3.8) is 0 Å². The summed E-state index contributed by atoms with van der Waals surface area (Å²) in [5.74, 6) is -0.915. The predicted octanol–water partition coefficient (Wildman–Crippen LogP) is 2.83. The summed E-state index contributed by atoms with van der Waals surface area (Å²) in [6.45, 7) is 0. The molecule has 0 aliphatic heterocycles. The molecule has 0 aliphatic rings. The number of nitrogens with zero attached hydrogens (tertiary/aromatic N) is 1. The lowest BCUT2D eigenvalue weighted by Gasteiger charge is -2.17. The summed E-state index contributed by atoms with van der Waals surface area (Å²) in [6.07, 6.45) is 0.314. The Labute approximate surface area is 148 Å². The molecule has 1 amide bonds. The van der Waals surface area contributed by atoms with E-state index in [1.807, 2.05) is 30.3 Å². The van der Waals surface area contributed by atoms with E-state index in [1.54, 1.807) is 24.3 Å². The molecule has 0 saturated carbocycles. The van der Waals surface area contributed by atoms with E-state index in [9.17, 15) is 9.59 Å². The highest BCUT2D eigenvalue weighted by Crippen LogP contribution is 2.14. The Morgan fingerprint density at radius 3 is 2.54 bits per heavy atom. The van der Waals surface area contributed by atoms with Gasteiger partial charge in [-0.3, -0.25) is 4.79 Å². The third kappa shape index (κ3) is 4.67. The molecule has 0 radical (unpaired) electrons. The van der Waals surface area contributed by atoms with Crippen molar-refractivity contribution in [1.82, 2.24) is 5.32 Å². The molecule has 24 heavy (non-hydrogen) atoms. The summed E-state index contributed by atoms with van der Waals surface area (Å²) in [5.41, 5.74) is 1.72. The SMILES string of the molecule is COC(=O)[C@@H](Cc1cccc(Br)c1)NC(=O)c1ccc(C#N)cc1. The van der Waals surface area contributed by atoms with E-state index in [1.165, 1.54) is 7.11 Å². The summed E-state index contributed by atoms with van der Waals surface area (Å²) in [5, 5.41) is 11.5. The molecule has 6 heteroatoms. The lowest BCUT2D eigenvalue weighted by atomic mass is 10.1. The minimum absolute atomic E-state index is 0.314. The second-order valence-corrected chi connectivity index (χ2v) is 5.99. The van der Waals surface area contributed by atoms with Crippen LogP contribution in [0.25, 0.3) is 0 Å². The summed E-state index contributed by atoms with van der Waals surface area (Å²) >= 11 is 3.38. The molecule has 1 atom stereocenters. The quantitative estimate of drug-likeness (QED) is 0.801. The molecule has 1 N–H and O–H groups in total. The highest BCUT2D eigenvalue weighted by Gasteiger charge is 2.22. The Balaban J connectivity index is 2.14. The Morgan fingerprint density at radius 1 is 1.25 bits per heavy atom. The molecule has 0 saturated heterocycles. The Bertz CT molecular complexity index is 782. The Morgan fingerprint density at radius 2 is 1.96 bits per heavy atom.